The smallest absolute Gasteiger partial charge is 0.412 e. The van der Waals surface area contributed by atoms with Crippen LogP contribution >= 0.6 is 0 Å². The van der Waals surface area contributed by atoms with Crippen molar-refractivity contribution in [3.05, 3.63) is 82.3 Å². The first-order valence-corrected chi connectivity index (χ1v) is 19.9. The van der Waals surface area contributed by atoms with Gasteiger partial charge < -0.3 is 15.6 Å². The maximum atomic E-state index is 16.3. The zero-order chi connectivity index (χ0) is 38.6. The van der Waals surface area contributed by atoms with Crippen molar-refractivity contribution in [3.8, 4) is 0 Å². The number of allylic oxidation sites excluding steroid dienone is 2. The summed E-state index contributed by atoms with van der Waals surface area (Å²) in [7, 11) is 0. The average molecular weight is 737 g/mol. The van der Waals surface area contributed by atoms with Crippen LogP contribution in [0.4, 0.5) is 20.7 Å². The molecular weight excluding hydrogens is 680 g/mol. The molecule has 2 aromatic carbocycles. The Morgan fingerprint density at radius 1 is 0.981 bits per heavy atom. The molecule has 3 saturated carbocycles. The standard InChI is InChI=1S/C45H57FN4O4/c1-40(2)17-19-45(38(51)52)20-18-44(7)35(30(45)24-40)28(27-13-14-32(31(46)21-27)48-39(53)54-25-26-11-9-8-10-12-26)22-34-42(5)23-29-36(49-50-37(29)47)41(3,4)33(42)15-16-43(34,44)6/h8-14,21,30,33-34H,15-20,22-25H2,1-7H3,(H,48,53)(H,51,52)(H3,47,49,50)/t30?,33?,34?,42-,43+,44+,45-/m0/s1. The molecule has 3 unspecified atom stereocenters. The van der Waals surface area contributed by atoms with Crippen LogP contribution < -0.4 is 11.1 Å². The summed E-state index contributed by atoms with van der Waals surface area (Å²) >= 11 is 0. The van der Waals surface area contributed by atoms with Gasteiger partial charge in [0.05, 0.1) is 11.1 Å². The molecule has 1 aromatic heterocycles. The molecule has 3 fully saturated rings. The van der Waals surface area contributed by atoms with Gasteiger partial charge in [-0.15, -0.1) is 0 Å². The Bertz CT molecular complexity index is 2050. The molecule has 9 heteroatoms. The van der Waals surface area contributed by atoms with Crippen LogP contribution in [0.5, 0.6) is 0 Å². The lowest BCUT2D eigenvalue weighted by Crippen LogP contribution is -2.65. The molecule has 5 aliphatic rings. The molecule has 288 valence electrons. The summed E-state index contributed by atoms with van der Waals surface area (Å²) in [5.41, 5.74) is 11.2. The molecule has 8 rings (SSSR count). The second kappa shape index (κ2) is 12.2. The molecular formula is C45H57FN4O4. The number of hydrogen-bond acceptors (Lipinski definition) is 5. The van der Waals surface area contributed by atoms with Crippen molar-refractivity contribution >= 4 is 29.1 Å². The van der Waals surface area contributed by atoms with Gasteiger partial charge in [0.15, 0.2) is 0 Å². The number of fused-ring (bicyclic) bond motifs is 8. The van der Waals surface area contributed by atoms with Crippen molar-refractivity contribution in [1.29, 1.82) is 0 Å². The first-order chi connectivity index (χ1) is 25.4. The highest BCUT2D eigenvalue weighted by molar-refractivity contribution is 5.86. The number of hydrogen-bond donors (Lipinski definition) is 4. The van der Waals surface area contributed by atoms with Crippen LogP contribution in [0.2, 0.25) is 0 Å². The Kier molecular flexibility index (Phi) is 8.30. The third kappa shape index (κ3) is 5.22. The summed E-state index contributed by atoms with van der Waals surface area (Å²) in [6.07, 6.45) is 6.62. The Morgan fingerprint density at radius 3 is 2.41 bits per heavy atom. The van der Waals surface area contributed by atoms with Gasteiger partial charge in [-0.3, -0.25) is 15.2 Å². The number of nitrogens with zero attached hydrogens (tertiary/aromatic N) is 1. The van der Waals surface area contributed by atoms with E-state index in [9.17, 15) is 14.7 Å². The van der Waals surface area contributed by atoms with Crippen molar-refractivity contribution in [2.75, 3.05) is 11.1 Å². The highest BCUT2D eigenvalue weighted by Gasteiger charge is 2.70. The summed E-state index contributed by atoms with van der Waals surface area (Å²) in [5, 5.41) is 21.5. The lowest BCUT2D eigenvalue weighted by atomic mass is 9.33. The number of carboxylic acid groups (broad SMARTS) is 1. The number of H-pyrrole nitrogens is 1. The summed E-state index contributed by atoms with van der Waals surface area (Å²) in [6.45, 7) is 16.7. The van der Waals surface area contributed by atoms with Crippen LogP contribution in [0, 0.1) is 50.6 Å². The Balaban J connectivity index is 1.26. The summed E-state index contributed by atoms with van der Waals surface area (Å²) in [4.78, 5) is 26.3. The Hall–Kier alpha value is -4.14. The van der Waals surface area contributed by atoms with Crippen molar-refractivity contribution in [3.63, 3.8) is 0 Å². The number of aromatic nitrogens is 2. The quantitative estimate of drug-likeness (QED) is 0.206. The van der Waals surface area contributed by atoms with Gasteiger partial charge in [0.2, 0.25) is 0 Å². The second-order valence-electron chi connectivity index (χ2n) is 19.6. The number of amides is 1. The lowest BCUT2D eigenvalue weighted by molar-refractivity contribution is -0.175. The van der Waals surface area contributed by atoms with Crippen LogP contribution in [-0.4, -0.2) is 27.4 Å². The Labute approximate surface area is 318 Å². The highest BCUT2D eigenvalue weighted by atomic mass is 19.1. The first-order valence-electron chi connectivity index (χ1n) is 19.9. The molecule has 8 nitrogen and oxygen atoms in total. The molecule has 0 bridgehead atoms. The monoisotopic (exact) mass is 736 g/mol. The number of nitrogens with one attached hydrogen (secondary N) is 2. The maximum absolute atomic E-state index is 16.3. The molecule has 0 radical (unpaired) electrons. The minimum Gasteiger partial charge on any atom is -0.481 e. The number of benzene rings is 2. The van der Waals surface area contributed by atoms with Gasteiger partial charge in [-0.1, -0.05) is 90.4 Å². The summed E-state index contributed by atoms with van der Waals surface area (Å²) in [6, 6.07) is 14.5. The van der Waals surface area contributed by atoms with Crippen LogP contribution in [-0.2, 0) is 28.0 Å². The zero-order valence-electron chi connectivity index (χ0n) is 33.0. The third-order valence-corrected chi connectivity index (χ3v) is 16.2. The summed E-state index contributed by atoms with van der Waals surface area (Å²) in [5.74, 6) is -0.248. The van der Waals surface area contributed by atoms with E-state index in [0.717, 1.165) is 72.9 Å². The molecule has 1 heterocycles. The van der Waals surface area contributed by atoms with Crippen molar-refractivity contribution < 1.29 is 23.8 Å². The predicted octanol–water partition coefficient (Wildman–Crippen LogP) is 10.3. The average Bonchev–Trinajstić information content (AvgIpc) is 3.48. The van der Waals surface area contributed by atoms with E-state index >= 15 is 4.39 Å². The number of anilines is 2. The molecule has 0 saturated heterocycles. The molecule has 1 amide bonds. The van der Waals surface area contributed by atoms with E-state index < -0.39 is 23.3 Å². The number of aromatic amines is 1. The molecule has 3 aromatic rings. The van der Waals surface area contributed by atoms with E-state index in [2.05, 4.69) is 64.0 Å². The molecule has 7 atom stereocenters. The molecule has 54 heavy (non-hydrogen) atoms. The van der Waals surface area contributed by atoms with Gasteiger partial charge in [-0.05, 0) is 126 Å². The second-order valence-corrected chi connectivity index (χ2v) is 19.6. The van der Waals surface area contributed by atoms with E-state index in [1.54, 1.807) is 12.1 Å². The number of nitrogens with two attached hydrogens (primary N) is 1. The molecule has 0 spiro atoms. The van der Waals surface area contributed by atoms with Gasteiger partial charge in [0.25, 0.3) is 0 Å². The SMILES string of the molecule is CC1(C)CC[C@]2(C(=O)O)CC[C@]3(C)C(=C(c4ccc(NC(=O)OCc5ccccc5)c(F)c4)CC4[C@@]5(C)Cc6c(N)n[nH]c6C(C)(C)C5CC[C@]43C)C2C1. The fraction of sp³-hybridized carbons (Fsp3) is 0.578. The topological polar surface area (TPSA) is 130 Å². The first kappa shape index (κ1) is 36.8. The number of carboxylic acids is 1. The van der Waals surface area contributed by atoms with Crippen LogP contribution in [0.1, 0.15) is 122 Å². The molecule has 0 aliphatic heterocycles. The number of nitrogen functional groups attached to an aromatic ring is 1. The Morgan fingerprint density at radius 2 is 1.70 bits per heavy atom. The third-order valence-electron chi connectivity index (χ3n) is 16.2. The van der Waals surface area contributed by atoms with Gasteiger partial charge in [0, 0.05) is 16.7 Å². The highest BCUT2D eigenvalue weighted by Crippen LogP contribution is 2.77. The largest absolute Gasteiger partial charge is 0.481 e. The maximum Gasteiger partial charge on any atom is 0.412 e. The van der Waals surface area contributed by atoms with Crippen molar-refractivity contribution in [1.82, 2.24) is 10.2 Å². The lowest BCUT2D eigenvalue weighted by Gasteiger charge is -2.71. The van der Waals surface area contributed by atoms with Crippen LogP contribution in [0.25, 0.3) is 5.57 Å². The van der Waals surface area contributed by atoms with E-state index in [1.807, 2.05) is 36.4 Å². The van der Waals surface area contributed by atoms with Gasteiger partial charge in [-0.25, -0.2) is 9.18 Å². The zero-order valence-corrected chi connectivity index (χ0v) is 33.0. The van der Waals surface area contributed by atoms with E-state index in [-0.39, 0.29) is 51.2 Å². The van der Waals surface area contributed by atoms with E-state index in [1.165, 1.54) is 5.57 Å². The van der Waals surface area contributed by atoms with Gasteiger partial charge in [-0.2, -0.15) is 5.10 Å². The fourth-order valence-electron chi connectivity index (χ4n) is 13.1. The summed E-state index contributed by atoms with van der Waals surface area (Å²) < 4.78 is 21.7. The number of rotatable bonds is 5. The number of carbonyl (C=O) groups is 2. The van der Waals surface area contributed by atoms with E-state index in [4.69, 9.17) is 10.5 Å². The van der Waals surface area contributed by atoms with Gasteiger partial charge in [0.1, 0.15) is 18.2 Å². The normalized spacial score (nSPS) is 34.7. The van der Waals surface area contributed by atoms with E-state index in [0.29, 0.717) is 24.6 Å². The van der Waals surface area contributed by atoms with Gasteiger partial charge >= 0.3 is 12.1 Å². The number of ether oxygens (including phenoxy) is 1. The van der Waals surface area contributed by atoms with Crippen LogP contribution in [0.15, 0.2) is 54.1 Å². The number of carbonyl (C=O) groups excluding carboxylic acids is 1. The number of halogens is 1. The fourth-order valence-corrected chi connectivity index (χ4v) is 13.1. The van der Waals surface area contributed by atoms with Crippen molar-refractivity contribution in [2.24, 2.45) is 44.8 Å². The molecule has 5 aliphatic carbocycles. The minimum absolute atomic E-state index is 0.0247. The van der Waals surface area contributed by atoms with Crippen LogP contribution in [0.3, 0.4) is 0 Å². The van der Waals surface area contributed by atoms with Crippen molar-refractivity contribution in [2.45, 2.75) is 118 Å². The molecule has 5 N–H and O–H groups in total. The minimum atomic E-state index is -0.852. The predicted molar refractivity (Wildman–Crippen MR) is 209 cm³/mol. The number of aliphatic carboxylic acids is 1.